The molecule has 2 rings (SSSR count). The zero-order valence-electron chi connectivity index (χ0n) is 11.0. The number of nitrogens with one attached hydrogen (secondary N) is 1. The lowest BCUT2D eigenvalue weighted by Crippen LogP contribution is -2.44. The van der Waals surface area contributed by atoms with Crippen molar-refractivity contribution in [3.63, 3.8) is 0 Å². The molecule has 0 amide bonds. The summed E-state index contributed by atoms with van der Waals surface area (Å²) in [5.74, 6) is 1.46. The lowest BCUT2D eigenvalue weighted by molar-refractivity contribution is 0.0572. The summed E-state index contributed by atoms with van der Waals surface area (Å²) in [5, 5.41) is 22.6. The van der Waals surface area contributed by atoms with E-state index in [1.165, 1.54) is 19.3 Å². The SMILES string of the molecule is CNC1CCC(C)CC1CN1CC(O)C(O)C1. The van der Waals surface area contributed by atoms with E-state index in [9.17, 15) is 10.2 Å². The fraction of sp³-hybridized carbons (Fsp3) is 1.00. The van der Waals surface area contributed by atoms with Crippen molar-refractivity contribution in [2.75, 3.05) is 26.7 Å². The van der Waals surface area contributed by atoms with E-state index in [1.807, 2.05) is 7.05 Å². The molecule has 1 aliphatic carbocycles. The Morgan fingerprint density at radius 2 is 1.82 bits per heavy atom. The summed E-state index contributed by atoms with van der Waals surface area (Å²) in [5.41, 5.74) is 0. The Hall–Kier alpha value is -0.160. The molecule has 1 aliphatic heterocycles. The fourth-order valence-corrected chi connectivity index (χ4v) is 3.41. The predicted molar refractivity (Wildman–Crippen MR) is 67.8 cm³/mol. The van der Waals surface area contributed by atoms with Crippen LogP contribution in [0.15, 0.2) is 0 Å². The molecule has 0 bridgehead atoms. The molecule has 100 valence electrons. The molecule has 3 N–H and O–H groups in total. The number of nitrogens with zero attached hydrogens (tertiary/aromatic N) is 1. The van der Waals surface area contributed by atoms with Crippen molar-refractivity contribution in [1.29, 1.82) is 0 Å². The first-order chi connectivity index (χ1) is 8.10. The van der Waals surface area contributed by atoms with Crippen LogP contribution in [0.5, 0.6) is 0 Å². The number of hydrogen-bond acceptors (Lipinski definition) is 4. The Balaban J connectivity index is 1.87. The van der Waals surface area contributed by atoms with Gasteiger partial charge in [0.1, 0.15) is 0 Å². The van der Waals surface area contributed by atoms with Crippen molar-refractivity contribution >= 4 is 0 Å². The van der Waals surface area contributed by atoms with Crippen LogP contribution in [0.1, 0.15) is 26.2 Å². The molecule has 5 unspecified atom stereocenters. The topological polar surface area (TPSA) is 55.7 Å². The third-order valence-electron chi connectivity index (χ3n) is 4.44. The van der Waals surface area contributed by atoms with Gasteiger partial charge < -0.3 is 15.5 Å². The molecule has 5 atom stereocenters. The normalized spacial score (nSPS) is 44.1. The fourth-order valence-electron chi connectivity index (χ4n) is 3.41. The minimum Gasteiger partial charge on any atom is -0.389 e. The van der Waals surface area contributed by atoms with Gasteiger partial charge in [-0.3, -0.25) is 4.90 Å². The van der Waals surface area contributed by atoms with Crippen LogP contribution in [-0.4, -0.2) is 60.0 Å². The van der Waals surface area contributed by atoms with Crippen LogP contribution in [0.4, 0.5) is 0 Å². The Labute approximate surface area is 104 Å². The Kier molecular flexibility index (Phi) is 4.42. The van der Waals surface area contributed by atoms with Crippen molar-refractivity contribution in [2.45, 2.75) is 44.4 Å². The monoisotopic (exact) mass is 242 g/mol. The van der Waals surface area contributed by atoms with Crippen LogP contribution in [0, 0.1) is 11.8 Å². The summed E-state index contributed by atoms with van der Waals surface area (Å²) in [7, 11) is 2.04. The van der Waals surface area contributed by atoms with Crippen LogP contribution in [0.2, 0.25) is 0 Å². The molecule has 0 aromatic rings. The second-order valence-corrected chi connectivity index (χ2v) is 5.93. The van der Waals surface area contributed by atoms with Crippen LogP contribution in [0.3, 0.4) is 0 Å². The average Bonchev–Trinajstić information content (AvgIpc) is 2.58. The van der Waals surface area contributed by atoms with E-state index in [1.54, 1.807) is 0 Å². The quantitative estimate of drug-likeness (QED) is 0.654. The predicted octanol–water partition coefficient (Wildman–Crippen LogP) is 0.0480. The van der Waals surface area contributed by atoms with Gasteiger partial charge in [-0.1, -0.05) is 6.92 Å². The van der Waals surface area contributed by atoms with E-state index in [2.05, 4.69) is 17.1 Å². The second kappa shape index (κ2) is 5.65. The van der Waals surface area contributed by atoms with Gasteiger partial charge in [0.25, 0.3) is 0 Å². The Morgan fingerprint density at radius 3 is 2.41 bits per heavy atom. The van der Waals surface area contributed by atoms with Gasteiger partial charge in [0.15, 0.2) is 0 Å². The smallest absolute Gasteiger partial charge is 0.0938 e. The highest BCUT2D eigenvalue weighted by Crippen LogP contribution is 2.30. The zero-order chi connectivity index (χ0) is 12.4. The van der Waals surface area contributed by atoms with Gasteiger partial charge in [0, 0.05) is 25.7 Å². The second-order valence-electron chi connectivity index (χ2n) is 5.93. The number of aliphatic hydroxyl groups is 2. The maximum Gasteiger partial charge on any atom is 0.0938 e. The third-order valence-corrected chi connectivity index (χ3v) is 4.44. The Morgan fingerprint density at radius 1 is 1.18 bits per heavy atom. The minimum absolute atomic E-state index is 0.552. The van der Waals surface area contributed by atoms with Gasteiger partial charge in [-0.15, -0.1) is 0 Å². The number of hydrogen-bond donors (Lipinski definition) is 3. The lowest BCUT2D eigenvalue weighted by Gasteiger charge is -2.37. The number of aliphatic hydroxyl groups excluding tert-OH is 2. The van der Waals surface area contributed by atoms with Gasteiger partial charge in [0.2, 0.25) is 0 Å². The van der Waals surface area contributed by atoms with Gasteiger partial charge in [-0.25, -0.2) is 0 Å². The van der Waals surface area contributed by atoms with Gasteiger partial charge in [-0.2, -0.15) is 0 Å². The maximum atomic E-state index is 9.57. The van der Waals surface area contributed by atoms with E-state index < -0.39 is 12.2 Å². The molecular weight excluding hydrogens is 216 g/mol. The highest BCUT2D eigenvalue weighted by atomic mass is 16.3. The van der Waals surface area contributed by atoms with E-state index in [0.717, 1.165) is 12.5 Å². The average molecular weight is 242 g/mol. The molecule has 17 heavy (non-hydrogen) atoms. The molecule has 0 spiro atoms. The number of β-amino-alcohol motifs (C(OH)–C–C–N with tert-alkyl or cyclic N) is 2. The first-order valence-corrected chi connectivity index (χ1v) is 6.86. The first-order valence-electron chi connectivity index (χ1n) is 6.86. The molecular formula is C13H26N2O2. The molecule has 0 radical (unpaired) electrons. The van der Waals surface area contributed by atoms with Crippen LogP contribution in [-0.2, 0) is 0 Å². The maximum absolute atomic E-state index is 9.57. The largest absolute Gasteiger partial charge is 0.389 e. The highest BCUT2D eigenvalue weighted by Gasteiger charge is 2.34. The lowest BCUT2D eigenvalue weighted by atomic mass is 9.78. The zero-order valence-corrected chi connectivity index (χ0v) is 11.0. The molecule has 4 heteroatoms. The standard InChI is InChI=1S/C13H26N2O2/c1-9-3-4-11(14-2)10(5-9)6-15-7-12(16)13(17)8-15/h9-14,16-17H,3-8H2,1-2H3. The molecule has 0 aromatic heterocycles. The minimum atomic E-state index is -0.552. The van der Waals surface area contributed by atoms with Crippen molar-refractivity contribution in [1.82, 2.24) is 10.2 Å². The van der Waals surface area contributed by atoms with Crippen LogP contribution < -0.4 is 5.32 Å². The van der Waals surface area contributed by atoms with E-state index in [-0.39, 0.29) is 0 Å². The highest BCUT2D eigenvalue weighted by molar-refractivity contribution is 4.89. The van der Waals surface area contributed by atoms with Crippen LogP contribution in [0.25, 0.3) is 0 Å². The third kappa shape index (κ3) is 3.19. The summed E-state index contributed by atoms with van der Waals surface area (Å²) >= 11 is 0. The molecule has 0 aromatic carbocycles. The van der Waals surface area contributed by atoms with E-state index >= 15 is 0 Å². The summed E-state index contributed by atoms with van der Waals surface area (Å²) in [4.78, 5) is 2.21. The summed E-state index contributed by atoms with van der Waals surface area (Å²) < 4.78 is 0. The van der Waals surface area contributed by atoms with Crippen molar-refractivity contribution in [3.8, 4) is 0 Å². The number of likely N-dealkylation sites (tertiary alicyclic amines) is 1. The summed E-state index contributed by atoms with van der Waals surface area (Å²) in [6.45, 7) is 4.58. The van der Waals surface area contributed by atoms with Gasteiger partial charge in [0.05, 0.1) is 12.2 Å². The molecule has 2 fully saturated rings. The molecule has 1 heterocycles. The summed E-state index contributed by atoms with van der Waals surface area (Å²) in [6, 6.07) is 0.598. The van der Waals surface area contributed by atoms with Crippen molar-refractivity contribution < 1.29 is 10.2 Å². The molecule has 4 nitrogen and oxygen atoms in total. The van der Waals surface area contributed by atoms with Crippen molar-refractivity contribution in [2.24, 2.45) is 11.8 Å². The summed E-state index contributed by atoms with van der Waals surface area (Å²) in [6.07, 6.45) is 2.72. The number of rotatable bonds is 3. The van der Waals surface area contributed by atoms with Crippen LogP contribution >= 0.6 is 0 Å². The van der Waals surface area contributed by atoms with Gasteiger partial charge >= 0.3 is 0 Å². The van der Waals surface area contributed by atoms with E-state index in [4.69, 9.17) is 0 Å². The first kappa shape index (κ1) is 13.3. The molecule has 2 aliphatic rings. The molecule has 1 saturated carbocycles. The van der Waals surface area contributed by atoms with Crippen molar-refractivity contribution in [3.05, 3.63) is 0 Å². The molecule has 1 saturated heterocycles. The Bertz CT molecular complexity index is 240. The van der Waals surface area contributed by atoms with Gasteiger partial charge in [-0.05, 0) is 38.1 Å². The van der Waals surface area contributed by atoms with E-state index in [0.29, 0.717) is 25.0 Å².